The molecule has 0 N–H and O–H groups in total. The Balaban J connectivity index is 2.07. The van der Waals surface area contributed by atoms with Crippen molar-refractivity contribution in [3.05, 3.63) is 29.8 Å². The molecule has 0 radical (unpaired) electrons. The van der Waals surface area contributed by atoms with Crippen LogP contribution in [0, 0.1) is 5.92 Å². The van der Waals surface area contributed by atoms with Gasteiger partial charge in [0.15, 0.2) is 0 Å². The van der Waals surface area contributed by atoms with Crippen LogP contribution in [-0.2, 0) is 0 Å². The summed E-state index contributed by atoms with van der Waals surface area (Å²) in [5.41, 5.74) is 1.37. The molecule has 2 rings (SSSR count). The van der Waals surface area contributed by atoms with Crippen LogP contribution < -0.4 is 4.74 Å². The molecule has 1 fully saturated rings. The van der Waals surface area contributed by atoms with Crippen LogP contribution in [0.4, 0.5) is 0 Å². The lowest BCUT2D eigenvalue weighted by molar-refractivity contribution is 0.312. The van der Waals surface area contributed by atoms with Crippen LogP contribution in [0.1, 0.15) is 29.7 Å². The molecule has 0 bridgehead atoms. The van der Waals surface area contributed by atoms with E-state index in [0.29, 0.717) is 4.83 Å². The van der Waals surface area contributed by atoms with Gasteiger partial charge in [-0.05, 0) is 36.5 Å². The minimum atomic E-state index is 0.530. The van der Waals surface area contributed by atoms with Crippen molar-refractivity contribution >= 4 is 15.9 Å². The lowest BCUT2D eigenvalue weighted by Crippen LogP contribution is -2.16. The monoisotopic (exact) mass is 254 g/mol. The van der Waals surface area contributed by atoms with Crippen LogP contribution in [0.5, 0.6) is 5.75 Å². The SMILES string of the molecule is COc1ccc(C(Br)C2CCC2)cc1. The third kappa shape index (κ3) is 1.95. The van der Waals surface area contributed by atoms with Gasteiger partial charge in [0, 0.05) is 4.83 Å². The van der Waals surface area contributed by atoms with Crippen molar-refractivity contribution < 1.29 is 4.74 Å². The lowest BCUT2D eigenvalue weighted by Gasteiger charge is -2.30. The van der Waals surface area contributed by atoms with Gasteiger partial charge in [-0.15, -0.1) is 0 Å². The van der Waals surface area contributed by atoms with Gasteiger partial charge in [0.05, 0.1) is 7.11 Å². The first-order valence-corrected chi connectivity index (χ1v) is 6.01. The number of methoxy groups -OCH3 is 1. The third-order valence-electron chi connectivity index (χ3n) is 3.00. The van der Waals surface area contributed by atoms with E-state index >= 15 is 0 Å². The number of hydrogen-bond donors (Lipinski definition) is 0. The van der Waals surface area contributed by atoms with Crippen LogP contribution in [-0.4, -0.2) is 7.11 Å². The van der Waals surface area contributed by atoms with Crippen LogP contribution in [0.2, 0.25) is 0 Å². The largest absolute Gasteiger partial charge is 0.497 e. The highest BCUT2D eigenvalue weighted by molar-refractivity contribution is 9.09. The second-order valence-electron chi connectivity index (χ2n) is 3.87. The van der Waals surface area contributed by atoms with Crippen LogP contribution >= 0.6 is 15.9 Å². The Morgan fingerprint density at radius 1 is 1.29 bits per heavy atom. The zero-order valence-electron chi connectivity index (χ0n) is 8.37. The van der Waals surface area contributed by atoms with Gasteiger partial charge in [-0.3, -0.25) is 0 Å². The molecule has 0 heterocycles. The standard InChI is InChI=1S/C12H15BrO/c1-14-11-7-5-10(6-8-11)12(13)9-3-2-4-9/h5-9,12H,2-4H2,1H3. The number of rotatable bonds is 3. The molecule has 0 aromatic heterocycles. The molecule has 0 spiro atoms. The summed E-state index contributed by atoms with van der Waals surface area (Å²) in [6.07, 6.45) is 4.12. The molecule has 1 aromatic carbocycles. The summed E-state index contributed by atoms with van der Waals surface area (Å²) in [4.78, 5) is 0.530. The van der Waals surface area contributed by atoms with Crippen LogP contribution in [0.25, 0.3) is 0 Å². The summed E-state index contributed by atoms with van der Waals surface area (Å²) < 4.78 is 5.13. The summed E-state index contributed by atoms with van der Waals surface area (Å²) in [6, 6.07) is 8.36. The Kier molecular flexibility index (Phi) is 3.12. The fraction of sp³-hybridized carbons (Fsp3) is 0.500. The smallest absolute Gasteiger partial charge is 0.118 e. The Labute approximate surface area is 93.6 Å². The predicted octanol–water partition coefficient (Wildman–Crippen LogP) is 3.93. The Hall–Kier alpha value is -0.500. The lowest BCUT2D eigenvalue weighted by atomic mass is 9.81. The molecular formula is C12H15BrO. The first-order chi connectivity index (χ1) is 6.81. The van der Waals surface area contributed by atoms with Gasteiger partial charge < -0.3 is 4.74 Å². The van der Waals surface area contributed by atoms with Crippen LogP contribution in [0.3, 0.4) is 0 Å². The third-order valence-corrected chi connectivity index (χ3v) is 4.27. The van der Waals surface area contributed by atoms with Crippen molar-refractivity contribution in [2.24, 2.45) is 5.92 Å². The van der Waals surface area contributed by atoms with Crippen molar-refractivity contribution in [2.75, 3.05) is 7.11 Å². The van der Waals surface area contributed by atoms with Crippen molar-refractivity contribution in [3.63, 3.8) is 0 Å². The maximum atomic E-state index is 5.13. The van der Waals surface area contributed by atoms with Crippen molar-refractivity contribution in [1.82, 2.24) is 0 Å². The van der Waals surface area contributed by atoms with E-state index < -0.39 is 0 Å². The van der Waals surface area contributed by atoms with Crippen molar-refractivity contribution in [3.8, 4) is 5.75 Å². The summed E-state index contributed by atoms with van der Waals surface area (Å²) in [5, 5.41) is 0. The van der Waals surface area contributed by atoms with E-state index in [4.69, 9.17) is 4.74 Å². The zero-order chi connectivity index (χ0) is 9.97. The average Bonchev–Trinajstić information content (AvgIpc) is 2.15. The Bertz CT molecular complexity index is 290. The molecule has 1 nitrogen and oxygen atoms in total. The van der Waals surface area contributed by atoms with E-state index in [-0.39, 0.29) is 0 Å². The zero-order valence-corrected chi connectivity index (χ0v) is 9.96. The second-order valence-corrected chi connectivity index (χ2v) is 4.85. The average molecular weight is 255 g/mol. The molecule has 0 amide bonds. The Morgan fingerprint density at radius 2 is 1.93 bits per heavy atom. The second kappa shape index (κ2) is 4.35. The molecule has 76 valence electrons. The van der Waals surface area contributed by atoms with Crippen LogP contribution in [0.15, 0.2) is 24.3 Å². The maximum Gasteiger partial charge on any atom is 0.118 e. The van der Waals surface area contributed by atoms with Crippen molar-refractivity contribution in [1.29, 1.82) is 0 Å². The van der Waals surface area contributed by atoms with E-state index in [1.165, 1.54) is 24.8 Å². The highest BCUT2D eigenvalue weighted by atomic mass is 79.9. The number of hydrogen-bond acceptors (Lipinski definition) is 1. The fourth-order valence-corrected chi connectivity index (χ4v) is 2.63. The molecule has 14 heavy (non-hydrogen) atoms. The summed E-state index contributed by atoms with van der Waals surface area (Å²) in [7, 11) is 1.70. The van der Waals surface area contributed by atoms with E-state index in [2.05, 4.69) is 28.1 Å². The quantitative estimate of drug-likeness (QED) is 0.743. The van der Waals surface area contributed by atoms with Gasteiger partial charge in [-0.1, -0.05) is 34.5 Å². The number of alkyl halides is 1. The predicted molar refractivity (Wildman–Crippen MR) is 62.0 cm³/mol. The molecule has 1 aromatic rings. The van der Waals surface area contributed by atoms with E-state index in [9.17, 15) is 0 Å². The molecule has 1 atom stereocenters. The summed E-state index contributed by atoms with van der Waals surface area (Å²) >= 11 is 3.77. The number of ether oxygens (including phenoxy) is 1. The van der Waals surface area contributed by atoms with Gasteiger partial charge in [-0.25, -0.2) is 0 Å². The first-order valence-electron chi connectivity index (χ1n) is 5.09. The highest BCUT2D eigenvalue weighted by Gasteiger charge is 2.26. The number of halogens is 1. The maximum absolute atomic E-state index is 5.13. The van der Waals surface area contributed by atoms with Gasteiger partial charge in [0.1, 0.15) is 5.75 Å². The molecule has 0 aliphatic heterocycles. The summed E-state index contributed by atoms with van der Waals surface area (Å²) in [6.45, 7) is 0. The van der Waals surface area contributed by atoms with E-state index in [1.807, 2.05) is 12.1 Å². The van der Waals surface area contributed by atoms with Crippen molar-refractivity contribution in [2.45, 2.75) is 24.1 Å². The molecule has 2 heteroatoms. The molecular weight excluding hydrogens is 240 g/mol. The molecule has 1 unspecified atom stereocenters. The molecule has 1 aliphatic carbocycles. The van der Waals surface area contributed by atoms with E-state index in [1.54, 1.807) is 7.11 Å². The highest BCUT2D eigenvalue weighted by Crippen LogP contribution is 2.43. The molecule has 1 saturated carbocycles. The molecule has 1 aliphatic rings. The van der Waals surface area contributed by atoms with Gasteiger partial charge in [0.25, 0.3) is 0 Å². The molecule has 0 saturated heterocycles. The minimum absolute atomic E-state index is 0.530. The van der Waals surface area contributed by atoms with Gasteiger partial charge >= 0.3 is 0 Å². The van der Waals surface area contributed by atoms with E-state index in [0.717, 1.165) is 11.7 Å². The van der Waals surface area contributed by atoms with Gasteiger partial charge in [0.2, 0.25) is 0 Å². The first kappa shape index (κ1) is 10.0. The Morgan fingerprint density at radius 3 is 2.36 bits per heavy atom. The minimum Gasteiger partial charge on any atom is -0.497 e. The normalized spacial score (nSPS) is 18.7. The summed E-state index contributed by atoms with van der Waals surface area (Å²) in [5.74, 6) is 1.77. The fourth-order valence-electron chi connectivity index (χ4n) is 1.79. The topological polar surface area (TPSA) is 9.23 Å². The van der Waals surface area contributed by atoms with Gasteiger partial charge in [-0.2, -0.15) is 0 Å². The number of benzene rings is 1.